The first-order valence-electron chi connectivity index (χ1n) is 9.80. The van der Waals surface area contributed by atoms with Gasteiger partial charge in [-0.25, -0.2) is 0 Å². The van der Waals surface area contributed by atoms with Gasteiger partial charge in [0.05, 0.1) is 0 Å². The van der Waals surface area contributed by atoms with Crippen LogP contribution in [0, 0.1) is 18.8 Å². The molecule has 1 aromatic rings. The first kappa shape index (κ1) is 17.0. The Morgan fingerprint density at radius 3 is 2.48 bits per heavy atom. The quantitative estimate of drug-likeness (QED) is 0.827. The van der Waals surface area contributed by atoms with Crippen LogP contribution in [0.3, 0.4) is 0 Å². The molecule has 0 bridgehead atoms. The third kappa shape index (κ3) is 3.11. The average molecular weight is 341 g/mol. The zero-order chi connectivity index (χ0) is 17.6. The summed E-state index contributed by atoms with van der Waals surface area (Å²) >= 11 is 0. The molecule has 4 rings (SSSR count). The van der Waals surface area contributed by atoms with E-state index in [2.05, 4.69) is 48.0 Å². The van der Waals surface area contributed by atoms with Gasteiger partial charge in [0, 0.05) is 51.7 Å². The number of benzene rings is 1. The number of aryl methyl sites for hydroxylation is 1. The first-order valence-corrected chi connectivity index (χ1v) is 9.80. The van der Waals surface area contributed by atoms with Crippen LogP contribution in [0.4, 0.5) is 0 Å². The lowest BCUT2D eigenvalue weighted by atomic mass is 9.88. The summed E-state index contributed by atoms with van der Waals surface area (Å²) in [5.74, 6) is 1.77. The second kappa shape index (κ2) is 6.73. The minimum absolute atomic E-state index is 0.234. The van der Waals surface area contributed by atoms with Gasteiger partial charge in [0.25, 0.3) is 0 Å². The molecule has 3 fully saturated rings. The molecule has 0 aromatic heterocycles. The van der Waals surface area contributed by atoms with Crippen LogP contribution in [0.5, 0.6) is 0 Å². The predicted octanol–water partition coefficient (Wildman–Crippen LogP) is 2.54. The summed E-state index contributed by atoms with van der Waals surface area (Å²) in [7, 11) is 2.30. The molecule has 0 N–H and O–H groups in total. The van der Waals surface area contributed by atoms with Crippen molar-refractivity contribution in [3.8, 4) is 0 Å². The molecule has 1 amide bonds. The van der Waals surface area contributed by atoms with Crippen molar-refractivity contribution in [3.63, 3.8) is 0 Å². The summed E-state index contributed by atoms with van der Waals surface area (Å²) in [6.07, 6.45) is 2.29. The molecule has 136 valence electrons. The maximum absolute atomic E-state index is 11.6. The standard InChI is InChI=1S/C21H31N3O/c1-15-6-4-5-7-19(15)21-20-14-24(13-17(20)12-22(21)3)18-8-10-23(11-9-18)16(2)25/h4-7,17-18,20-21H,8-14H2,1-3H3/t17-,20+,21+/m0/s1. The van der Waals surface area contributed by atoms with Gasteiger partial charge in [-0.3, -0.25) is 14.6 Å². The van der Waals surface area contributed by atoms with E-state index in [0.29, 0.717) is 12.1 Å². The van der Waals surface area contributed by atoms with Crippen molar-refractivity contribution >= 4 is 5.91 Å². The maximum atomic E-state index is 11.6. The normalized spacial score (nSPS) is 31.5. The summed E-state index contributed by atoms with van der Waals surface area (Å²) in [4.78, 5) is 18.9. The average Bonchev–Trinajstić information content (AvgIpc) is 3.12. The SMILES string of the molecule is CC(=O)N1CCC(N2C[C@@H]3CN(C)[C@H](c4ccccc4C)[C@@H]3C2)CC1. The molecule has 0 aliphatic carbocycles. The number of hydrogen-bond acceptors (Lipinski definition) is 3. The largest absolute Gasteiger partial charge is 0.343 e. The fraction of sp³-hybridized carbons (Fsp3) is 0.667. The van der Waals surface area contributed by atoms with E-state index in [4.69, 9.17) is 0 Å². The lowest BCUT2D eigenvalue weighted by Gasteiger charge is -2.37. The topological polar surface area (TPSA) is 26.8 Å². The van der Waals surface area contributed by atoms with Crippen molar-refractivity contribution in [1.82, 2.24) is 14.7 Å². The van der Waals surface area contributed by atoms with E-state index < -0.39 is 0 Å². The van der Waals surface area contributed by atoms with Crippen molar-refractivity contribution in [2.24, 2.45) is 11.8 Å². The van der Waals surface area contributed by atoms with Crippen molar-refractivity contribution in [2.75, 3.05) is 39.8 Å². The van der Waals surface area contributed by atoms with Gasteiger partial charge in [0.2, 0.25) is 5.91 Å². The number of nitrogens with zero attached hydrogens (tertiary/aromatic N) is 3. The molecular weight excluding hydrogens is 310 g/mol. The lowest BCUT2D eigenvalue weighted by Crippen LogP contribution is -2.46. The number of likely N-dealkylation sites (tertiary alicyclic amines) is 3. The van der Waals surface area contributed by atoms with E-state index >= 15 is 0 Å². The Balaban J connectivity index is 1.45. The molecule has 0 radical (unpaired) electrons. The number of fused-ring (bicyclic) bond motifs is 1. The summed E-state index contributed by atoms with van der Waals surface area (Å²) in [6, 6.07) is 10.1. The van der Waals surface area contributed by atoms with Crippen LogP contribution in [-0.4, -0.2) is 66.4 Å². The number of piperidine rings is 1. The molecule has 3 heterocycles. The molecule has 3 aliphatic rings. The van der Waals surface area contributed by atoms with Crippen LogP contribution in [-0.2, 0) is 4.79 Å². The van der Waals surface area contributed by atoms with Crippen LogP contribution in [0.2, 0.25) is 0 Å². The highest BCUT2D eigenvalue weighted by molar-refractivity contribution is 5.73. The molecule has 3 aliphatic heterocycles. The van der Waals surface area contributed by atoms with Crippen molar-refractivity contribution in [2.45, 2.75) is 38.8 Å². The molecule has 3 atom stereocenters. The van der Waals surface area contributed by atoms with Gasteiger partial charge in [0.1, 0.15) is 0 Å². The highest BCUT2D eigenvalue weighted by Gasteiger charge is 2.47. The van der Waals surface area contributed by atoms with Gasteiger partial charge < -0.3 is 4.90 Å². The Kier molecular flexibility index (Phi) is 4.59. The maximum Gasteiger partial charge on any atom is 0.219 e. The Labute approximate surface area is 151 Å². The van der Waals surface area contributed by atoms with Crippen molar-refractivity contribution < 1.29 is 4.79 Å². The van der Waals surface area contributed by atoms with Gasteiger partial charge in [-0.05, 0) is 49.8 Å². The van der Waals surface area contributed by atoms with Crippen LogP contribution in [0.1, 0.15) is 36.9 Å². The summed E-state index contributed by atoms with van der Waals surface area (Å²) in [5.41, 5.74) is 2.94. The van der Waals surface area contributed by atoms with E-state index in [0.717, 1.165) is 37.8 Å². The van der Waals surface area contributed by atoms with E-state index in [-0.39, 0.29) is 5.91 Å². The van der Waals surface area contributed by atoms with E-state index in [1.54, 1.807) is 6.92 Å². The fourth-order valence-electron chi connectivity index (χ4n) is 5.52. The second-order valence-corrected chi connectivity index (χ2v) is 8.36. The summed E-state index contributed by atoms with van der Waals surface area (Å²) < 4.78 is 0. The highest BCUT2D eigenvalue weighted by Crippen LogP contribution is 2.45. The Bertz CT molecular complexity index is 638. The smallest absolute Gasteiger partial charge is 0.219 e. The van der Waals surface area contributed by atoms with Gasteiger partial charge in [-0.1, -0.05) is 24.3 Å². The second-order valence-electron chi connectivity index (χ2n) is 8.36. The van der Waals surface area contributed by atoms with E-state index in [1.807, 2.05) is 4.90 Å². The molecule has 1 aromatic carbocycles. The predicted molar refractivity (Wildman–Crippen MR) is 100 cm³/mol. The van der Waals surface area contributed by atoms with Crippen LogP contribution >= 0.6 is 0 Å². The lowest BCUT2D eigenvalue weighted by molar-refractivity contribution is -0.130. The third-order valence-corrected chi connectivity index (χ3v) is 6.86. The van der Waals surface area contributed by atoms with E-state index in [9.17, 15) is 4.79 Å². The van der Waals surface area contributed by atoms with Gasteiger partial charge in [0.15, 0.2) is 0 Å². The molecule has 0 unspecified atom stereocenters. The number of hydrogen-bond donors (Lipinski definition) is 0. The summed E-state index contributed by atoms with van der Waals surface area (Å²) in [5, 5.41) is 0. The molecule has 0 spiro atoms. The van der Waals surface area contributed by atoms with Gasteiger partial charge >= 0.3 is 0 Å². The third-order valence-electron chi connectivity index (χ3n) is 6.86. The Morgan fingerprint density at radius 2 is 1.80 bits per heavy atom. The van der Waals surface area contributed by atoms with Gasteiger partial charge in [-0.15, -0.1) is 0 Å². The van der Waals surface area contributed by atoms with E-state index in [1.165, 1.54) is 30.8 Å². The molecule has 25 heavy (non-hydrogen) atoms. The first-order chi connectivity index (χ1) is 12.0. The molecule has 0 saturated carbocycles. The van der Waals surface area contributed by atoms with Crippen LogP contribution in [0.25, 0.3) is 0 Å². The number of amides is 1. The molecule has 3 saturated heterocycles. The molecule has 4 nitrogen and oxygen atoms in total. The highest BCUT2D eigenvalue weighted by atomic mass is 16.2. The molecular formula is C21H31N3O. The minimum Gasteiger partial charge on any atom is -0.343 e. The molecule has 4 heteroatoms. The van der Waals surface area contributed by atoms with Crippen molar-refractivity contribution in [1.29, 1.82) is 0 Å². The Hall–Kier alpha value is -1.39. The number of rotatable bonds is 2. The van der Waals surface area contributed by atoms with Gasteiger partial charge in [-0.2, -0.15) is 0 Å². The fourth-order valence-corrected chi connectivity index (χ4v) is 5.52. The van der Waals surface area contributed by atoms with Crippen LogP contribution in [0.15, 0.2) is 24.3 Å². The summed E-state index contributed by atoms with van der Waals surface area (Å²) in [6.45, 7) is 9.50. The monoisotopic (exact) mass is 341 g/mol. The van der Waals surface area contributed by atoms with Crippen LogP contribution < -0.4 is 0 Å². The number of carbonyl (C=O) groups is 1. The zero-order valence-electron chi connectivity index (χ0n) is 15.8. The zero-order valence-corrected chi connectivity index (χ0v) is 15.8. The minimum atomic E-state index is 0.234. The number of carbonyl (C=O) groups excluding carboxylic acids is 1. The van der Waals surface area contributed by atoms with Crippen molar-refractivity contribution in [3.05, 3.63) is 35.4 Å². The Morgan fingerprint density at radius 1 is 1.08 bits per heavy atom.